The van der Waals surface area contributed by atoms with Gasteiger partial charge in [0.15, 0.2) is 0 Å². The number of para-hydroxylation sites is 2. The molecule has 0 aliphatic heterocycles. The van der Waals surface area contributed by atoms with Gasteiger partial charge in [0.25, 0.3) is 5.69 Å². The molecule has 6 heteroatoms. The Hall–Kier alpha value is -2.89. The minimum Gasteiger partial charge on any atom is -0.292 e. The average molecular weight is 311 g/mol. The van der Waals surface area contributed by atoms with Gasteiger partial charge in [-0.2, -0.15) is 0 Å². The highest BCUT2D eigenvalue weighted by Crippen LogP contribution is 2.43. The Balaban J connectivity index is 1.76. The molecule has 0 unspecified atom stereocenters. The van der Waals surface area contributed by atoms with Crippen molar-refractivity contribution in [2.75, 3.05) is 5.43 Å². The minimum atomic E-state index is -0.544. The smallest absolute Gasteiger partial charge is 0.292 e. The highest BCUT2D eigenvalue weighted by molar-refractivity contribution is 5.90. The van der Waals surface area contributed by atoms with Crippen molar-refractivity contribution in [3.8, 4) is 0 Å². The third-order valence-electron chi connectivity index (χ3n) is 4.38. The van der Waals surface area contributed by atoms with E-state index in [1.807, 2.05) is 30.3 Å². The molecule has 2 N–H and O–H groups in total. The number of hydrogen-bond acceptors (Lipinski definition) is 4. The number of hydrogen-bond donors (Lipinski definition) is 2. The Kier molecular flexibility index (Phi) is 3.97. The van der Waals surface area contributed by atoms with Crippen molar-refractivity contribution in [2.24, 2.45) is 0 Å². The van der Waals surface area contributed by atoms with Gasteiger partial charge in [-0.05, 0) is 24.5 Å². The van der Waals surface area contributed by atoms with E-state index in [9.17, 15) is 14.9 Å². The fraction of sp³-hybridized carbons (Fsp3) is 0.235. The summed E-state index contributed by atoms with van der Waals surface area (Å²) in [5.74, 6) is -0.159. The van der Waals surface area contributed by atoms with Gasteiger partial charge in [0.2, 0.25) is 5.91 Å². The molecule has 3 rings (SSSR count). The SMILES string of the molecule is O=C(NNc1ccccc1[N+](=O)[O-])C1(c2ccccc2)CCC1. The highest BCUT2D eigenvalue weighted by Gasteiger charge is 2.45. The van der Waals surface area contributed by atoms with Crippen molar-refractivity contribution in [1.29, 1.82) is 0 Å². The predicted molar refractivity (Wildman–Crippen MR) is 86.8 cm³/mol. The van der Waals surface area contributed by atoms with Crippen molar-refractivity contribution >= 4 is 17.3 Å². The third kappa shape index (κ3) is 2.75. The number of carbonyl (C=O) groups excluding carboxylic acids is 1. The van der Waals surface area contributed by atoms with Gasteiger partial charge in [0.1, 0.15) is 5.69 Å². The molecule has 0 bridgehead atoms. The van der Waals surface area contributed by atoms with Crippen LogP contribution in [0.1, 0.15) is 24.8 Å². The molecule has 0 spiro atoms. The molecular formula is C17H17N3O3. The van der Waals surface area contributed by atoms with E-state index in [0.717, 1.165) is 24.8 Å². The summed E-state index contributed by atoms with van der Waals surface area (Å²) in [6.07, 6.45) is 2.55. The third-order valence-corrected chi connectivity index (χ3v) is 4.38. The Morgan fingerprint density at radius 1 is 1.04 bits per heavy atom. The second-order valence-electron chi connectivity index (χ2n) is 5.66. The fourth-order valence-electron chi connectivity index (χ4n) is 2.92. The topological polar surface area (TPSA) is 84.3 Å². The van der Waals surface area contributed by atoms with E-state index in [-0.39, 0.29) is 17.3 Å². The molecule has 6 nitrogen and oxygen atoms in total. The van der Waals surface area contributed by atoms with Crippen LogP contribution in [-0.4, -0.2) is 10.8 Å². The predicted octanol–water partition coefficient (Wildman–Crippen LogP) is 3.16. The second-order valence-corrected chi connectivity index (χ2v) is 5.66. The number of amides is 1. The standard InChI is InChI=1S/C17H17N3O3/c21-16(17(11-6-12-17)13-7-2-1-3-8-13)19-18-14-9-4-5-10-15(14)20(22)23/h1-5,7-10,18H,6,11-12H2,(H,19,21). The zero-order chi connectivity index (χ0) is 16.3. The van der Waals surface area contributed by atoms with E-state index in [0.29, 0.717) is 0 Å². The highest BCUT2D eigenvalue weighted by atomic mass is 16.6. The molecule has 0 saturated heterocycles. The van der Waals surface area contributed by atoms with Crippen LogP contribution in [-0.2, 0) is 10.2 Å². The summed E-state index contributed by atoms with van der Waals surface area (Å²) in [6.45, 7) is 0. The molecule has 23 heavy (non-hydrogen) atoms. The maximum atomic E-state index is 12.7. The molecule has 0 aromatic heterocycles. The van der Waals surface area contributed by atoms with Gasteiger partial charge in [0, 0.05) is 6.07 Å². The molecular weight excluding hydrogens is 294 g/mol. The van der Waals surface area contributed by atoms with Crippen LogP contribution in [0.3, 0.4) is 0 Å². The molecule has 1 aliphatic rings. The van der Waals surface area contributed by atoms with E-state index in [4.69, 9.17) is 0 Å². The molecule has 0 heterocycles. The van der Waals surface area contributed by atoms with Gasteiger partial charge in [0.05, 0.1) is 10.3 Å². The van der Waals surface area contributed by atoms with Crippen molar-refractivity contribution < 1.29 is 9.72 Å². The maximum absolute atomic E-state index is 12.7. The molecule has 2 aromatic rings. The second kappa shape index (κ2) is 6.08. The summed E-state index contributed by atoms with van der Waals surface area (Å²) in [6, 6.07) is 15.9. The number of hydrazine groups is 1. The summed E-state index contributed by atoms with van der Waals surface area (Å²) >= 11 is 0. The van der Waals surface area contributed by atoms with Gasteiger partial charge in [-0.1, -0.05) is 48.9 Å². The lowest BCUT2D eigenvalue weighted by Gasteiger charge is -2.40. The number of rotatable bonds is 5. The van der Waals surface area contributed by atoms with Crippen molar-refractivity contribution in [2.45, 2.75) is 24.7 Å². The summed E-state index contributed by atoms with van der Waals surface area (Å²) in [5, 5.41) is 11.0. The monoisotopic (exact) mass is 311 g/mol. The first-order chi connectivity index (χ1) is 11.1. The average Bonchev–Trinajstić information content (AvgIpc) is 2.53. The van der Waals surface area contributed by atoms with Crippen LogP contribution >= 0.6 is 0 Å². The molecule has 1 amide bonds. The van der Waals surface area contributed by atoms with E-state index in [2.05, 4.69) is 10.9 Å². The Morgan fingerprint density at radius 3 is 2.30 bits per heavy atom. The quantitative estimate of drug-likeness (QED) is 0.656. The number of nitro benzene ring substituents is 1. The molecule has 1 aliphatic carbocycles. The number of benzene rings is 2. The molecule has 1 fully saturated rings. The molecule has 2 aromatic carbocycles. The summed E-state index contributed by atoms with van der Waals surface area (Å²) in [5.41, 5.74) is 5.97. The van der Waals surface area contributed by atoms with Crippen LogP contribution in [0.15, 0.2) is 54.6 Å². The minimum absolute atomic E-state index is 0.0739. The number of nitrogens with zero attached hydrogens (tertiary/aromatic N) is 1. The van der Waals surface area contributed by atoms with E-state index in [1.165, 1.54) is 6.07 Å². The van der Waals surface area contributed by atoms with E-state index < -0.39 is 10.3 Å². The number of carbonyl (C=O) groups is 1. The van der Waals surface area contributed by atoms with Gasteiger partial charge < -0.3 is 0 Å². The van der Waals surface area contributed by atoms with Crippen LogP contribution in [0.2, 0.25) is 0 Å². The van der Waals surface area contributed by atoms with Crippen LogP contribution in [0.5, 0.6) is 0 Å². The van der Waals surface area contributed by atoms with Gasteiger partial charge in [-0.15, -0.1) is 0 Å². The van der Waals surface area contributed by atoms with Crippen molar-refractivity contribution in [3.05, 3.63) is 70.3 Å². The van der Waals surface area contributed by atoms with E-state index >= 15 is 0 Å². The Bertz CT molecular complexity index is 727. The van der Waals surface area contributed by atoms with Crippen LogP contribution in [0.25, 0.3) is 0 Å². The van der Waals surface area contributed by atoms with Gasteiger partial charge in [-0.3, -0.25) is 25.8 Å². The van der Waals surface area contributed by atoms with Crippen molar-refractivity contribution in [3.63, 3.8) is 0 Å². The lowest BCUT2D eigenvalue weighted by molar-refractivity contribution is -0.384. The lowest BCUT2D eigenvalue weighted by atomic mass is 9.64. The lowest BCUT2D eigenvalue weighted by Crippen LogP contribution is -2.50. The zero-order valence-electron chi connectivity index (χ0n) is 12.5. The molecule has 118 valence electrons. The number of nitrogens with one attached hydrogen (secondary N) is 2. The Labute approximate surface area is 133 Å². The molecule has 0 atom stereocenters. The number of nitro groups is 1. The first kappa shape index (κ1) is 15.0. The van der Waals surface area contributed by atoms with Crippen LogP contribution < -0.4 is 10.9 Å². The first-order valence-electron chi connectivity index (χ1n) is 7.49. The number of anilines is 1. The molecule has 0 radical (unpaired) electrons. The fourth-order valence-corrected chi connectivity index (χ4v) is 2.92. The summed E-state index contributed by atoms with van der Waals surface area (Å²) in [4.78, 5) is 23.2. The van der Waals surface area contributed by atoms with E-state index in [1.54, 1.807) is 18.2 Å². The van der Waals surface area contributed by atoms with Crippen LogP contribution in [0, 0.1) is 10.1 Å². The van der Waals surface area contributed by atoms with Crippen molar-refractivity contribution in [1.82, 2.24) is 5.43 Å². The zero-order valence-corrected chi connectivity index (χ0v) is 12.5. The van der Waals surface area contributed by atoms with Gasteiger partial charge in [-0.25, -0.2) is 0 Å². The molecule has 1 saturated carbocycles. The maximum Gasteiger partial charge on any atom is 0.294 e. The largest absolute Gasteiger partial charge is 0.294 e. The summed E-state index contributed by atoms with van der Waals surface area (Å²) < 4.78 is 0. The normalized spacial score (nSPS) is 15.3. The summed E-state index contributed by atoms with van der Waals surface area (Å²) in [7, 11) is 0. The first-order valence-corrected chi connectivity index (χ1v) is 7.49. The van der Waals surface area contributed by atoms with Crippen LogP contribution in [0.4, 0.5) is 11.4 Å². The Morgan fingerprint density at radius 2 is 1.70 bits per heavy atom. The van der Waals surface area contributed by atoms with Gasteiger partial charge >= 0.3 is 0 Å².